The molecule has 0 aliphatic rings. The van der Waals surface area contributed by atoms with Crippen molar-refractivity contribution in [2.75, 3.05) is 24.4 Å². The number of carbonyl (C=O) groups is 2. The number of hydrogen-bond donors (Lipinski definition) is 2. The number of anilines is 2. The number of halogens is 2. The van der Waals surface area contributed by atoms with E-state index in [2.05, 4.69) is 15.4 Å². The highest BCUT2D eigenvalue weighted by atomic mass is 35.5. The van der Waals surface area contributed by atoms with Gasteiger partial charge in [-0.05, 0) is 42.5 Å². The average molecular weight is 367 g/mol. The van der Waals surface area contributed by atoms with Crippen molar-refractivity contribution >= 4 is 35.0 Å². The van der Waals surface area contributed by atoms with E-state index in [0.29, 0.717) is 16.5 Å². The number of ether oxygens (including phenoxy) is 2. The van der Waals surface area contributed by atoms with Gasteiger partial charge in [-0.3, -0.25) is 10.1 Å². The normalized spacial score (nSPS) is 10.0. The third-order valence-corrected chi connectivity index (χ3v) is 3.34. The molecular weight excluding hydrogens is 351 g/mol. The molecule has 0 atom stereocenters. The summed E-state index contributed by atoms with van der Waals surface area (Å²) in [7, 11) is 1.17. The lowest BCUT2D eigenvalue weighted by Gasteiger charge is -2.10. The summed E-state index contributed by atoms with van der Waals surface area (Å²) in [6.45, 7) is 0.169. The van der Waals surface area contributed by atoms with Gasteiger partial charge in [0, 0.05) is 10.7 Å². The van der Waals surface area contributed by atoms with Crippen molar-refractivity contribution in [3.05, 3.63) is 53.3 Å². The molecule has 0 saturated heterocycles. The molecular formula is C17H16ClFN2O4. The second kappa shape index (κ2) is 8.89. The van der Waals surface area contributed by atoms with Crippen LogP contribution in [0, 0.1) is 5.82 Å². The molecule has 25 heavy (non-hydrogen) atoms. The van der Waals surface area contributed by atoms with E-state index in [0.717, 1.165) is 6.07 Å². The number of hydrogen-bond acceptors (Lipinski definition) is 4. The quantitative estimate of drug-likeness (QED) is 0.808. The van der Waals surface area contributed by atoms with Gasteiger partial charge < -0.3 is 14.8 Å². The molecule has 0 aromatic heterocycles. The van der Waals surface area contributed by atoms with Crippen LogP contribution in [-0.2, 0) is 9.53 Å². The zero-order valence-electron chi connectivity index (χ0n) is 13.3. The summed E-state index contributed by atoms with van der Waals surface area (Å²) in [5, 5.41) is 5.41. The summed E-state index contributed by atoms with van der Waals surface area (Å²) in [6, 6.07) is 10.6. The number of amides is 2. The minimum atomic E-state index is -0.807. The van der Waals surface area contributed by atoms with Gasteiger partial charge in [0.25, 0.3) is 0 Å². The van der Waals surface area contributed by atoms with Crippen LogP contribution in [0.15, 0.2) is 42.5 Å². The smallest absolute Gasteiger partial charge is 0.411 e. The third-order valence-electron chi connectivity index (χ3n) is 3.08. The predicted molar refractivity (Wildman–Crippen MR) is 92.6 cm³/mol. The van der Waals surface area contributed by atoms with E-state index < -0.39 is 11.9 Å². The molecule has 0 aliphatic carbocycles. The standard InChI is InChI=1S/C17H16ClFN2O4/c1-24-17(23)21-15-10-12(4-7-14(15)19)20-16(22)8-9-25-13-5-2-11(18)3-6-13/h2-7,10H,8-9H2,1H3,(H,20,22)(H,21,23). The Balaban J connectivity index is 1.86. The van der Waals surface area contributed by atoms with Crippen LogP contribution in [-0.4, -0.2) is 25.7 Å². The van der Waals surface area contributed by atoms with Crippen molar-refractivity contribution in [2.24, 2.45) is 0 Å². The molecule has 2 aromatic carbocycles. The van der Waals surface area contributed by atoms with Crippen molar-refractivity contribution in [2.45, 2.75) is 6.42 Å². The first-order valence-corrected chi connectivity index (χ1v) is 7.68. The van der Waals surface area contributed by atoms with Crippen molar-refractivity contribution in [1.82, 2.24) is 0 Å². The van der Waals surface area contributed by atoms with Crippen LogP contribution in [0.5, 0.6) is 5.75 Å². The van der Waals surface area contributed by atoms with Crippen LogP contribution in [0.25, 0.3) is 0 Å². The third kappa shape index (κ3) is 5.96. The van der Waals surface area contributed by atoms with Gasteiger partial charge >= 0.3 is 6.09 Å². The minimum absolute atomic E-state index is 0.0953. The lowest BCUT2D eigenvalue weighted by atomic mass is 10.2. The number of methoxy groups -OCH3 is 1. The van der Waals surface area contributed by atoms with E-state index in [-0.39, 0.29) is 24.6 Å². The molecule has 2 aromatic rings. The molecule has 0 bridgehead atoms. The topological polar surface area (TPSA) is 76.7 Å². The van der Waals surface area contributed by atoms with Gasteiger partial charge in [0.05, 0.1) is 25.8 Å². The molecule has 0 saturated carbocycles. The van der Waals surface area contributed by atoms with Crippen LogP contribution >= 0.6 is 11.6 Å². The first-order chi connectivity index (χ1) is 12.0. The van der Waals surface area contributed by atoms with Crippen LogP contribution < -0.4 is 15.4 Å². The maximum Gasteiger partial charge on any atom is 0.411 e. The maximum atomic E-state index is 13.6. The van der Waals surface area contributed by atoms with E-state index in [9.17, 15) is 14.0 Å². The second-order valence-corrected chi connectivity index (χ2v) is 5.35. The van der Waals surface area contributed by atoms with Gasteiger partial charge in [0.1, 0.15) is 11.6 Å². The molecule has 0 spiro atoms. The highest BCUT2D eigenvalue weighted by molar-refractivity contribution is 6.30. The first-order valence-electron chi connectivity index (χ1n) is 7.30. The number of carbonyl (C=O) groups excluding carboxylic acids is 2. The van der Waals surface area contributed by atoms with Crippen molar-refractivity contribution in [3.63, 3.8) is 0 Å². The molecule has 8 heteroatoms. The fourth-order valence-corrected chi connectivity index (χ4v) is 2.00. The summed E-state index contributed by atoms with van der Waals surface area (Å²) in [4.78, 5) is 23.1. The molecule has 0 heterocycles. The fraction of sp³-hybridized carbons (Fsp3) is 0.176. The zero-order chi connectivity index (χ0) is 18.2. The summed E-state index contributed by atoms with van der Waals surface area (Å²) >= 11 is 5.77. The molecule has 132 valence electrons. The molecule has 6 nitrogen and oxygen atoms in total. The van der Waals surface area contributed by atoms with E-state index in [1.54, 1.807) is 24.3 Å². The van der Waals surface area contributed by atoms with Crippen LogP contribution in [0.1, 0.15) is 6.42 Å². The monoisotopic (exact) mass is 366 g/mol. The molecule has 2 rings (SSSR count). The number of nitrogens with one attached hydrogen (secondary N) is 2. The van der Waals surface area contributed by atoms with Gasteiger partial charge in [-0.15, -0.1) is 0 Å². The highest BCUT2D eigenvalue weighted by Crippen LogP contribution is 2.20. The summed E-state index contributed by atoms with van der Waals surface area (Å²) in [5.41, 5.74) is 0.242. The maximum absolute atomic E-state index is 13.6. The molecule has 0 aliphatic heterocycles. The molecule has 2 amide bonds. The Morgan fingerprint density at radius 2 is 1.84 bits per heavy atom. The van der Waals surface area contributed by atoms with Crippen LogP contribution in [0.4, 0.5) is 20.6 Å². The minimum Gasteiger partial charge on any atom is -0.493 e. The van der Waals surface area contributed by atoms with Gasteiger partial charge in [0.15, 0.2) is 0 Å². The molecule has 0 radical (unpaired) electrons. The largest absolute Gasteiger partial charge is 0.493 e. The van der Waals surface area contributed by atoms with Crippen molar-refractivity contribution in [1.29, 1.82) is 0 Å². The Bertz CT molecular complexity index is 753. The van der Waals surface area contributed by atoms with Gasteiger partial charge in [-0.1, -0.05) is 11.6 Å². The Kier molecular flexibility index (Phi) is 6.59. The highest BCUT2D eigenvalue weighted by Gasteiger charge is 2.10. The molecule has 2 N–H and O–H groups in total. The fourth-order valence-electron chi connectivity index (χ4n) is 1.88. The van der Waals surface area contributed by atoms with Gasteiger partial charge in [-0.25, -0.2) is 9.18 Å². The first kappa shape index (κ1) is 18.5. The van der Waals surface area contributed by atoms with E-state index in [1.165, 1.54) is 19.2 Å². The summed E-state index contributed by atoms with van der Waals surface area (Å²) in [6.07, 6.45) is -0.710. The Hall–Kier alpha value is -2.80. The Labute approximate surface area is 148 Å². The van der Waals surface area contributed by atoms with Crippen LogP contribution in [0.3, 0.4) is 0 Å². The SMILES string of the molecule is COC(=O)Nc1cc(NC(=O)CCOc2ccc(Cl)cc2)ccc1F. The second-order valence-electron chi connectivity index (χ2n) is 4.91. The molecule has 0 fully saturated rings. The molecule has 0 unspecified atom stereocenters. The lowest BCUT2D eigenvalue weighted by Crippen LogP contribution is -2.16. The Morgan fingerprint density at radius 1 is 1.12 bits per heavy atom. The van der Waals surface area contributed by atoms with Crippen molar-refractivity contribution in [3.8, 4) is 5.75 Å². The van der Waals surface area contributed by atoms with E-state index in [4.69, 9.17) is 16.3 Å². The summed E-state index contributed by atoms with van der Waals surface area (Å²) in [5.74, 6) is -0.359. The Morgan fingerprint density at radius 3 is 2.52 bits per heavy atom. The number of benzene rings is 2. The average Bonchev–Trinajstić information content (AvgIpc) is 2.59. The van der Waals surface area contributed by atoms with E-state index >= 15 is 0 Å². The van der Waals surface area contributed by atoms with Gasteiger partial charge in [-0.2, -0.15) is 0 Å². The van der Waals surface area contributed by atoms with Crippen LogP contribution in [0.2, 0.25) is 5.02 Å². The predicted octanol–water partition coefficient (Wildman–Crippen LogP) is 4.07. The van der Waals surface area contributed by atoms with Gasteiger partial charge in [0.2, 0.25) is 5.91 Å². The number of rotatable bonds is 6. The lowest BCUT2D eigenvalue weighted by molar-refractivity contribution is -0.116. The summed E-state index contributed by atoms with van der Waals surface area (Å²) < 4.78 is 23.4. The zero-order valence-corrected chi connectivity index (χ0v) is 14.1. The van der Waals surface area contributed by atoms with E-state index in [1.807, 2.05) is 0 Å². The van der Waals surface area contributed by atoms with Crippen molar-refractivity contribution < 1.29 is 23.5 Å².